The highest BCUT2D eigenvalue weighted by molar-refractivity contribution is 9.10. The zero-order chi connectivity index (χ0) is 12.5. The molecule has 1 atom stereocenters. The van der Waals surface area contributed by atoms with E-state index < -0.39 is 4.32 Å². The Labute approximate surface area is 110 Å². The topological polar surface area (TPSA) is 29.1 Å². The summed E-state index contributed by atoms with van der Waals surface area (Å²) >= 11 is 5.13. The molecule has 0 saturated heterocycles. The maximum Gasteiger partial charge on any atom is 0.236 e. The zero-order valence-electron chi connectivity index (χ0n) is 10.3. The molecule has 1 heterocycles. The Morgan fingerprint density at radius 2 is 2.06 bits per heavy atom. The zero-order valence-corrected chi connectivity index (χ0v) is 12.8. The molecular formula is C12H18BrNOS. The standard InChI is InChI=1S/C12H18BrNOS/c1-7-6-10(9(3)16-7)8(2)14-11(15)12(4,5)13/h6,8H,1-5H3,(H,14,15). The summed E-state index contributed by atoms with van der Waals surface area (Å²) < 4.78 is -0.514. The van der Waals surface area contributed by atoms with Gasteiger partial charge in [-0.25, -0.2) is 0 Å². The molecule has 1 aromatic heterocycles. The molecule has 0 saturated carbocycles. The Hall–Kier alpha value is -0.350. The van der Waals surface area contributed by atoms with Gasteiger partial charge in [-0.05, 0) is 46.2 Å². The number of carbonyl (C=O) groups excluding carboxylic acids is 1. The number of nitrogens with one attached hydrogen (secondary N) is 1. The van der Waals surface area contributed by atoms with Crippen LogP contribution >= 0.6 is 27.3 Å². The number of hydrogen-bond acceptors (Lipinski definition) is 2. The highest BCUT2D eigenvalue weighted by atomic mass is 79.9. The molecule has 0 aromatic carbocycles. The molecule has 4 heteroatoms. The van der Waals surface area contributed by atoms with E-state index in [1.54, 1.807) is 11.3 Å². The smallest absolute Gasteiger partial charge is 0.236 e. The summed E-state index contributed by atoms with van der Waals surface area (Å²) in [6.07, 6.45) is 0. The lowest BCUT2D eigenvalue weighted by Crippen LogP contribution is -2.38. The molecule has 0 aliphatic rings. The fourth-order valence-corrected chi connectivity index (χ4v) is 2.66. The summed E-state index contributed by atoms with van der Waals surface area (Å²) in [6.45, 7) is 9.89. The van der Waals surface area contributed by atoms with Crippen molar-refractivity contribution in [2.75, 3.05) is 0 Å². The van der Waals surface area contributed by atoms with Crippen LogP contribution < -0.4 is 5.32 Å². The normalized spacial score (nSPS) is 13.6. The van der Waals surface area contributed by atoms with Crippen molar-refractivity contribution in [3.63, 3.8) is 0 Å². The minimum Gasteiger partial charge on any atom is -0.348 e. The van der Waals surface area contributed by atoms with E-state index >= 15 is 0 Å². The molecule has 2 nitrogen and oxygen atoms in total. The minimum atomic E-state index is -0.514. The van der Waals surface area contributed by atoms with Gasteiger partial charge in [0.05, 0.1) is 10.4 Å². The number of hydrogen-bond donors (Lipinski definition) is 1. The summed E-state index contributed by atoms with van der Waals surface area (Å²) in [5.41, 5.74) is 1.22. The Kier molecular flexibility index (Phi) is 4.18. The summed E-state index contributed by atoms with van der Waals surface area (Å²) in [7, 11) is 0. The van der Waals surface area contributed by atoms with Crippen molar-refractivity contribution >= 4 is 33.2 Å². The monoisotopic (exact) mass is 303 g/mol. The van der Waals surface area contributed by atoms with Gasteiger partial charge in [0.15, 0.2) is 0 Å². The van der Waals surface area contributed by atoms with Gasteiger partial charge >= 0.3 is 0 Å². The molecule has 0 aliphatic heterocycles. The van der Waals surface area contributed by atoms with Crippen LogP contribution in [0, 0.1) is 13.8 Å². The van der Waals surface area contributed by atoms with E-state index in [2.05, 4.69) is 41.2 Å². The van der Waals surface area contributed by atoms with Crippen LogP contribution in [0.1, 0.15) is 42.1 Å². The first kappa shape index (κ1) is 13.7. The number of carbonyl (C=O) groups is 1. The van der Waals surface area contributed by atoms with Gasteiger partial charge in [0.1, 0.15) is 0 Å². The summed E-state index contributed by atoms with van der Waals surface area (Å²) in [5, 5.41) is 3.01. The molecule has 0 fully saturated rings. The lowest BCUT2D eigenvalue weighted by Gasteiger charge is -2.20. The third kappa shape index (κ3) is 3.32. The van der Waals surface area contributed by atoms with E-state index in [0.29, 0.717) is 0 Å². The summed E-state index contributed by atoms with van der Waals surface area (Å²) in [6, 6.07) is 2.21. The van der Waals surface area contributed by atoms with Crippen molar-refractivity contribution < 1.29 is 4.79 Å². The molecule has 1 unspecified atom stereocenters. The number of thiophene rings is 1. The molecule has 16 heavy (non-hydrogen) atoms. The predicted molar refractivity (Wildman–Crippen MR) is 73.4 cm³/mol. The minimum absolute atomic E-state index is 0.0169. The first-order chi connectivity index (χ1) is 7.21. The lowest BCUT2D eigenvalue weighted by molar-refractivity contribution is -0.123. The summed E-state index contributed by atoms with van der Waals surface area (Å²) in [4.78, 5) is 14.4. The maximum absolute atomic E-state index is 11.8. The highest BCUT2D eigenvalue weighted by Gasteiger charge is 2.25. The van der Waals surface area contributed by atoms with Crippen LogP contribution in [0.5, 0.6) is 0 Å². The van der Waals surface area contributed by atoms with Gasteiger partial charge in [0.2, 0.25) is 5.91 Å². The third-order valence-electron chi connectivity index (χ3n) is 2.43. The molecule has 1 aromatic rings. The number of aryl methyl sites for hydroxylation is 2. The van der Waals surface area contributed by atoms with Crippen molar-refractivity contribution in [3.8, 4) is 0 Å². The molecule has 90 valence electrons. The molecule has 0 bridgehead atoms. The Bertz CT molecular complexity index is 392. The van der Waals surface area contributed by atoms with E-state index in [9.17, 15) is 4.79 Å². The van der Waals surface area contributed by atoms with Crippen LogP contribution in [0.25, 0.3) is 0 Å². The number of rotatable bonds is 3. The van der Waals surface area contributed by atoms with Gasteiger partial charge in [-0.2, -0.15) is 0 Å². The van der Waals surface area contributed by atoms with Crippen molar-refractivity contribution in [2.24, 2.45) is 0 Å². The lowest BCUT2D eigenvalue weighted by atomic mass is 10.1. The molecule has 0 aliphatic carbocycles. The van der Waals surface area contributed by atoms with Crippen LogP contribution in [-0.2, 0) is 4.79 Å². The van der Waals surface area contributed by atoms with Crippen molar-refractivity contribution in [1.29, 1.82) is 0 Å². The maximum atomic E-state index is 11.8. The van der Waals surface area contributed by atoms with E-state index in [4.69, 9.17) is 0 Å². The quantitative estimate of drug-likeness (QED) is 0.847. The van der Waals surface area contributed by atoms with Crippen LogP contribution in [0.2, 0.25) is 0 Å². The first-order valence-electron chi connectivity index (χ1n) is 5.28. The van der Waals surface area contributed by atoms with Crippen LogP contribution in [0.15, 0.2) is 6.07 Å². The van der Waals surface area contributed by atoms with Gasteiger partial charge < -0.3 is 5.32 Å². The van der Waals surface area contributed by atoms with Crippen LogP contribution in [-0.4, -0.2) is 10.2 Å². The second-order valence-corrected chi connectivity index (χ2v) is 7.98. The molecule has 0 radical (unpaired) electrons. The van der Waals surface area contributed by atoms with Gasteiger partial charge in [-0.1, -0.05) is 15.9 Å². The third-order valence-corrected chi connectivity index (χ3v) is 3.78. The Balaban J connectivity index is 2.77. The average molecular weight is 304 g/mol. The molecule has 1 rings (SSSR count). The first-order valence-corrected chi connectivity index (χ1v) is 6.89. The summed E-state index contributed by atoms with van der Waals surface area (Å²) in [5.74, 6) is 0.0169. The highest BCUT2D eigenvalue weighted by Crippen LogP contribution is 2.27. The second kappa shape index (κ2) is 4.88. The Morgan fingerprint density at radius 1 is 1.50 bits per heavy atom. The number of halogens is 1. The molecular weight excluding hydrogens is 286 g/mol. The fraction of sp³-hybridized carbons (Fsp3) is 0.583. The largest absolute Gasteiger partial charge is 0.348 e. The average Bonchev–Trinajstić information content (AvgIpc) is 2.43. The van der Waals surface area contributed by atoms with Gasteiger partial charge in [0.25, 0.3) is 0 Å². The fourth-order valence-electron chi connectivity index (χ4n) is 1.53. The van der Waals surface area contributed by atoms with Crippen molar-refractivity contribution in [1.82, 2.24) is 5.32 Å². The van der Waals surface area contributed by atoms with E-state index in [1.165, 1.54) is 15.3 Å². The SMILES string of the molecule is Cc1cc(C(C)NC(=O)C(C)(C)Br)c(C)s1. The van der Waals surface area contributed by atoms with Crippen LogP contribution in [0.3, 0.4) is 0 Å². The molecule has 1 N–H and O–H groups in total. The van der Waals surface area contributed by atoms with Crippen molar-refractivity contribution in [3.05, 3.63) is 21.4 Å². The van der Waals surface area contributed by atoms with Gasteiger partial charge in [0, 0.05) is 9.75 Å². The van der Waals surface area contributed by atoms with Gasteiger partial charge in [-0.15, -0.1) is 11.3 Å². The predicted octanol–water partition coefficient (Wildman–Crippen LogP) is 3.72. The number of alkyl halides is 1. The van der Waals surface area contributed by atoms with Crippen molar-refractivity contribution in [2.45, 2.75) is 45.0 Å². The second-order valence-electron chi connectivity index (χ2n) is 4.54. The number of amides is 1. The van der Waals surface area contributed by atoms with E-state index in [-0.39, 0.29) is 11.9 Å². The van der Waals surface area contributed by atoms with E-state index in [1.807, 2.05) is 20.8 Å². The molecule has 0 spiro atoms. The molecule has 1 amide bonds. The Morgan fingerprint density at radius 3 is 2.44 bits per heavy atom. The van der Waals surface area contributed by atoms with Gasteiger partial charge in [-0.3, -0.25) is 4.79 Å². The van der Waals surface area contributed by atoms with Crippen LogP contribution in [0.4, 0.5) is 0 Å². The van der Waals surface area contributed by atoms with E-state index in [0.717, 1.165) is 0 Å².